The largest absolute Gasteiger partial charge is 0.381 e. The highest BCUT2D eigenvalue weighted by molar-refractivity contribution is 8.01. The zero-order valence-electron chi connectivity index (χ0n) is 12.0. The summed E-state index contributed by atoms with van der Waals surface area (Å²) in [6.07, 6.45) is 0. The van der Waals surface area contributed by atoms with Gasteiger partial charge in [-0.15, -0.1) is 10.2 Å². The lowest BCUT2D eigenvalue weighted by Gasteiger charge is -2.05. The SMILES string of the molecule is CCOCCSc1nnc(Nc2ccc(C)c(C)c2)s1. The number of benzene rings is 1. The smallest absolute Gasteiger partial charge is 0.210 e. The van der Waals surface area contributed by atoms with Gasteiger partial charge >= 0.3 is 0 Å². The first-order valence-electron chi connectivity index (χ1n) is 6.57. The molecule has 0 aliphatic rings. The van der Waals surface area contributed by atoms with E-state index in [9.17, 15) is 0 Å². The van der Waals surface area contributed by atoms with Gasteiger partial charge in [-0.05, 0) is 44.0 Å². The van der Waals surface area contributed by atoms with E-state index in [1.807, 2.05) is 6.92 Å². The van der Waals surface area contributed by atoms with E-state index in [0.29, 0.717) is 0 Å². The molecular weight excluding hydrogens is 290 g/mol. The number of aryl methyl sites for hydroxylation is 2. The Morgan fingerprint density at radius 1 is 1.25 bits per heavy atom. The van der Waals surface area contributed by atoms with Gasteiger partial charge < -0.3 is 10.1 Å². The molecular formula is C14H19N3OS2. The highest BCUT2D eigenvalue weighted by atomic mass is 32.2. The van der Waals surface area contributed by atoms with E-state index >= 15 is 0 Å². The third-order valence-electron chi connectivity index (χ3n) is 2.82. The quantitative estimate of drug-likeness (QED) is 0.618. The number of nitrogens with zero attached hydrogens (tertiary/aromatic N) is 2. The molecule has 0 saturated heterocycles. The Kier molecular flexibility index (Phi) is 5.82. The van der Waals surface area contributed by atoms with E-state index in [1.54, 1.807) is 23.1 Å². The summed E-state index contributed by atoms with van der Waals surface area (Å²) in [5, 5.41) is 12.4. The van der Waals surface area contributed by atoms with Gasteiger partial charge in [-0.1, -0.05) is 29.2 Å². The van der Waals surface area contributed by atoms with Crippen LogP contribution >= 0.6 is 23.1 Å². The molecule has 2 aromatic rings. The van der Waals surface area contributed by atoms with Crippen molar-refractivity contribution in [1.82, 2.24) is 10.2 Å². The average Bonchev–Trinajstić information content (AvgIpc) is 2.87. The van der Waals surface area contributed by atoms with Gasteiger partial charge in [0, 0.05) is 18.0 Å². The lowest BCUT2D eigenvalue weighted by atomic mass is 10.1. The molecule has 0 radical (unpaired) electrons. The molecule has 0 fully saturated rings. The number of rotatable bonds is 7. The van der Waals surface area contributed by atoms with E-state index in [4.69, 9.17) is 4.74 Å². The Morgan fingerprint density at radius 2 is 2.10 bits per heavy atom. The van der Waals surface area contributed by atoms with Crippen LogP contribution in [0.1, 0.15) is 18.1 Å². The molecule has 20 heavy (non-hydrogen) atoms. The maximum Gasteiger partial charge on any atom is 0.210 e. The minimum Gasteiger partial charge on any atom is -0.381 e. The number of hydrogen-bond acceptors (Lipinski definition) is 6. The van der Waals surface area contributed by atoms with Crippen molar-refractivity contribution in [1.29, 1.82) is 0 Å². The summed E-state index contributed by atoms with van der Waals surface area (Å²) in [6, 6.07) is 6.29. The second-order valence-electron chi connectivity index (χ2n) is 4.34. The molecule has 0 aliphatic heterocycles. The zero-order valence-corrected chi connectivity index (χ0v) is 13.6. The predicted octanol–water partition coefficient (Wildman–Crippen LogP) is 4.03. The first-order valence-corrected chi connectivity index (χ1v) is 8.37. The maximum absolute atomic E-state index is 5.30. The Bertz CT molecular complexity index is 557. The molecule has 0 bridgehead atoms. The second-order valence-corrected chi connectivity index (χ2v) is 6.66. The normalized spacial score (nSPS) is 10.8. The Hall–Kier alpha value is -1.11. The van der Waals surface area contributed by atoms with Gasteiger partial charge in [-0.3, -0.25) is 0 Å². The van der Waals surface area contributed by atoms with Crippen LogP contribution < -0.4 is 5.32 Å². The molecule has 1 N–H and O–H groups in total. The summed E-state index contributed by atoms with van der Waals surface area (Å²) in [5.74, 6) is 0.909. The summed E-state index contributed by atoms with van der Waals surface area (Å²) in [5.41, 5.74) is 3.61. The van der Waals surface area contributed by atoms with Crippen molar-refractivity contribution in [3.05, 3.63) is 29.3 Å². The van der Waals surface area contributed by atoms with Crippen molar-refractivity contribution < 1.29 is 4.74 Å². The average molecular weight is 309 g/mol. The predicted molar refractivity (Wildman–Crippen MR) is 86.3 cm³/mol. The first-order chi connectivity index (χ1) is 9.69. The minimum absolute atomic E-state index is 0.751. The summed E-state index contributed by atoms with van der Waals surface area (Å²) in [4.78, 5) is 0. The maximum atomic E-state index is 5.30. The molecule has 0 atom stereocenters. The van der Waals surface area contributed by atoms with Crippen molar-refractivity contribution >= 4 is 33.9 Å². The van der Waals surface area contributed by atoms with Gasteiger partial charge in [0.25, 0.3) is 0 Å². The van der Waals surface area contributed by atoms with Crippen LogP contribution in [0.15, 0.2) is 22.5 Å². The molecule has 1 aromatic carbocycles. The molecule has 4 nitrogen and oxygen atoms in total. The van der Waals surface area contributed by atoms with Crippen molar-refractivity contribution in [2.24, 2.45) is 0 Å². The summed E-state index contributed by atoms with van der Waals surface area (Å²) in [7, 11) is 0. The lowest BCUT2D eigenvalue weighted by Crippen LogP contribution is -1.95. The van der Waals surface area contributed by atoms with Crippen molar-refractivity contribution in [3.8, 4) is 0 Å². The molecule has 0 amide bonds. The number of nitrogens with one attached hydrogen (secondary N) is 1. The van der Waals surface area contributed by atoms with Crippen LogP contribution in [0.3, 0.4) is 0 Å². The van der Waals surface area contributed by atoms with Crippen LogP contribution in [0.4, 0.5) is 10.8 Å². The molecule has 0 saturated carbocycles. The third-order valence-corrected chi connectivity index (χ3v) is 4.76. The van der Waals surface area contributed by atoms with Crippen LogP contribution in [0.5, 0.6) is 0 Å². The Balaban J connectivity index is 1.90. The molecule has 2 rings (SSSR count). The fourth-order valence-corrected chi connectivity index (χ4v) is 3.29. The molecule has 108 valence electrons. The summed E-state index contributed by atoms with van der Waals surface area (Å²) >= 11 is 3.25. The molecule has 0 aliphatic carbocycles. The number of ether oxygens (including phenoxy) is 1. The van der Waals surface area contributed by atoms with Crippen LogP contribution in [0, 0.1) is 13.8 Å². The first kappa shape index (κ1) is 15.3. The number of thioether (sulfide) groups is 1. The standard InChI is InChI=1S/C14H19N3OS2/c1-4-18-7-8-19-14-17-16-13(20-14)15-12-6-5-10(2)11(3)9-12/h5-6,9H,4,7-8H2,1-3H3,(H,15,16). The van der Waals surface area contributed by atoms with E-state index in [1.165, 1.54) is 11.1 Å². The highest BCUT2D eigenvalue weighted by Crippen LogP contribution is 2.28. The third kappa shape index (κ3) is 4.47. The topological polar surface area (TPSA) is 47.0 Å². The Morgan fingerprint density at radius 3 is 2.85 bits per heavy atom. The lowest BCUT2D eigenvalue weighted by molar-refractivity contribution is 0.164. The van der Waals surface area contributed by atoms with Crippen LogP contribution in [-0.2, 0) is 4.74 Å². The van der Waals surface area contributed by atoms with Crippen LogP contribution in [0.2, 0.25) is 0 Å². The minimum atomic E-state index is 0.751. The monoisotopic (exact) mass is 309 g/mol. The van der Waals surface area contributed by atoms with Gasteiger partial charge in [-0.25, -0.2) is 0 Å². The van der Waals surface area contributed by atoms with Crippen molar-refractivity contribution in [2.45, 2.75) is 25.1 Å². The van der Waals surface area contributed by atoms with E-state index in [-0.39, 0.29) is 0 Å². The van der Waals surface area contributed by atoms with Gasteiger partial charge in [-0.2, -0.15) is 0 Å². The van der Waals surface area contributed by atoms with Crippen LogP contribution in [0.25, 0.3) is 0 Å². The van der Waals surface area contributed by atoms with Gasteiger partial charge in [0.1, 0.15) is 0 Å². The highest BCUT2D eigenvalue weighted by Gasteiger charge is 2.05. The Labute approximate surface area is 128 Å². The number of hydrogen-bond donors (Lipinski definition) is 1. The molecule has 0 spiro atoms. The fourth-order valence-electron chi connectivity index (χ4n) is 1.59. The number of anilines is 2. The molecule has 1 heterocycles. The number of aromatic nitrogens is 2. The zero-order chi connectivity index (χ0) is 14.4. The van der Waals surface area contributed by atoms with Gasteiger partial charge in [0.05, 0.1) is 6.61 Å². The van der Waals surface area contributed by atoms with E-state index in [2.05, 4.69) is 47.6 Å². The second kappa shape index (κ2) is 7.61. The van der Waals surface area contributed by atoms with E-state index < -0.39 is 0 Å². The van der Waals surface area contributed by atoms with E-state index in [0.717, 1.165) is 34.1 Å². The van der Waals surface area contributed by atoms with Crippen molar-refractivity contribution in [2.75, 3.05) is 24.3 Å². The van der Waals surface area contributed by atoms with Gasteiger partial charge in [0.2, 0.25) is 5.13 Å². The summed E-state index contributed by atoms with van der Waals surface area (Å²) < 4.78 is 6.27. The van der Waals surface area contributed by atoms with Gasteiger partial charge in [0.15, 0.2) is 4.34 Å². The fraction of sp³-hybridized carbons (Fsp3) is 0.429. The molecule has 6 heteroatoms. The van der Waals surface area contributed by atoms with Crippen LogP contribution in [-0.4, -0.2) is 29.2 Å². The van der Waals surface area contributed by atoms with Crippen molar-refractivity contribution in [3.63, 3.8) is 0 Å². The molecule has 1 aromatic heterocycles. The summed E-state index contributed by atoms with van der Waals surface area (Å²) in [6.45, 7) is 7.73. The molecule has 0 unspecified atom stereocenters.